The maximum atomic E-state index is 13.3. The zero-order valence-electron chi connectivity index (χ0n) is 13.1. The van der Waals surface area contributed by atoms with Crippen LogP contribution in [0.2, 0.25) is 0 Å². The standard InChI is InChI=1S/C15H18F6N2O/c1-3-4-8-12(24)23-13(14(16,17)18,15(19,20)21)22-11-7-5-6-10(2)9-11/h5-7,9,22H,3-4,8H2,1-2H3,(H,23,24). The monoisotopic (exact) mass is 356 g/mol. The summed E-state index contributed by atoms with van der Waals surface area (Å²) in [5.41, 5.74) is -4.49. The molecule has 0 fully saturated rings. The second kappa shape index (κ2) is 7.31. The van der Waals surface area contributed by atoms with Crippen molar-refractivity contribution in [2.45, 2.75) is 51.1 Å². The van der Waals surface area contributed by atoms with Gasteiger partial charge in [0.2, 0.25) is 5.91 Å². The number of aryl methyl sites for hydroxylation is 1. The van der Waals surface area contributed by atoms with Gasteiger partial charge in [-0.1, -0.05) is 25.5 Å². The number of rotatable bonds is 6. The van der Waals surface area contributed by atoms with Crippen LogP contribution in [0, 0.1) is 6.92 Å². The molecule has 0 heterocycles. The molecular weight excluding hydrogens is 338 g/mol. The Morgan fingerprint density at radius 2 is 1.67 bits per heavy atom. The number of nitrogens with one attached hydrogen (secondary N) is 2. The summed E-state index contributed by atoms with van der Waals surface area (Å²) in [7, 11) is 0. The third-order valence-corrected chi connectivity index (χ3v) is 3.28. The number of unbranched alkanes of at least 4 members (excludes halogenated alkanes) is 1. The molecule has 0 atom stereocenters. The van der Waals surface area contributed by atoms with Gasteiger partial charge in [0.25, 0.3) is 0 Å². The fraction of sp³-hybridized carbons (Fsp3) is 0.533. The van der Waals surface area contributed by atoms with Gasteiger partial charge in [0.05, 0.1) is 0 Å². The van der Waals surface area contributed by atoms with Gasteiger partial charge in [0, 0.05) is 12.1 Å². The van der Waals surface area contributed by atoms with E-state index in [2.05, 4.69) is 0 Å². The Kier molecular flexibility index (Phi) is 6.13. The first-order chi connectivity index (χ1) is 10.9. The average molecular weight is 356 g/mol. The highest BCUT2D eigenvalue weighted by Crippen LogP contribution is 2.43. The minimum atomic E-state index is -5.79. The van der Waals surface area contributed by atoms with Crippen molar-refractivity contribution in [1.82, 2.24) is 5.32 Å². The largest absolute Gasteiger partial charge is 0.439 e. The Balaban J connectivity index is 3.29. The molecule has 0 unspecified atom stereocenters. The lowest BCUT2D eigenvalue weighted by atomic mass is 10.1. The number of halogens is 6. The van der Waals surface area contributed by atoms with Gasteiger partial charge in [0.15, 0.2) is 0 Å². The molecule has 1 rings (SSSR count). The van der Waals surface area contributed by atoms with Gasteiger partial charge in [-0.25, -0.2) is 0 Å². The zero-order valence-corrected chi connectivity index (χ0v) is 13.1. The van der Waals surface area contributed by atoms with Crippen molar-refractivity contribution in [2.75, 3.05) is 5.32 Å². The van der Waals surface area contributed by atoms with Crippen LogP contribution in [0.3, 0.4) is 0 Å². The lowest BCUT2D eigenvalue weighted by molar-refractivity contribution is -0.296. The molecule has 24 heavy (non-hydrogen) atoms. The van der Waals surface area contributed by atoms with E-state index in [0.717, 1.165) is 17.4 Å². The number of benzene rings is 1. The van der Waals surface area contributed by atoms with Gasteiger partial charge >= 0.3 is 18.0 Å². The van der Waals surface area contributed by atoms with Crippen LogP contribution < -0.4 is 10.6 Å². The number of anilines is 1. The van der Waals surface area contributed by atoms with Crippen molar-refractivity contribution in [3.8, 4) is 0 Å². The van der Waals surface area contributed by atoms with E-state index in [1.54, 1.807) is 6.92 Å². The van der Waals surface area contributed by atoms with Gasteiger partial charge < -0.3 is 10.6 Å². The molecule has 9 heteroatoms. The molecule has 0 aromatic heterocycles. The summed E-state index contributed by atoms with van der Waals surface area (Å²) in [5.74, 6) is -1.33. The second-order valence-electron chi connectivity index (χ2n) is 5.39. The lowest BCUT2D eigenvalue weighted by Gasteiger charge is -2.39. The molecule has 1 aromatic rings. The number of amides is 1. The van der Waals surface area contributed by atoms with E-state index in [0.29, 0.717) is 12.0 Å². The number of carbonyl (C=O) groups excluding carboxylic acids is 1. The van der Waals surface area contributed by atoms with Crippen LogP contribution in [0.4, 0.5) is 32.0 Å². The summed E-state index contributed by atoms with van der Waals surface area (Å²) in [4.78, 5) is 11.6. The molecule has 136 valence electrons. The van der Waals surface area contributed by atoms with E-state index < -0.39 is 36.0 Å². The summed E-state index contributed by atoms with van der Waals surface area (Å²) in [6.45, 7) is 3.19. The van der Waals surface area contributed by atoms with Crippen LogP contribution in [-0.4, -0.2) is 23.9 Å². The Bertz CT molecular complexity index is 554. The third-order valence-electron chi connectivity index (χ3n) is 3.28. The van der Waals surface area contributed by atoms with E-state index in [-0.39, 0.29) is 6.42 Å². The summed E-state index contributed by atoms with van der Waals surface area (Å²) < 4.78 is 80.1. The smallest absolute Gasteiger partial charge is 0.348 e. The fourth-order valence-corrected chi connectivity index (χ4v) is 2.02. The first kappa shape index (κ1) is 20.1. The molecule has 0 spiro atoms. The molecule has 0 aliphatic rings. The molecular formula is C15H18F6N2O. The number of carbonyl (C=O) groups is 1. The highest BCUT2D eigenvalue weighted by Gasteiger charge is 2.72. The summed E-state index contributed by atoms with van der Waals surface area (Å²) in [5, 5.41) is 2.55. The summed E-state index contributed by atoms with van der Waals surface area (Å²) >= 11 is 0. The normalized spacial score (nSPS) is 12.8. The Labute approximate surface area is 135 Å². The fourth-order valence-electron chi connectivity index (χ4n) is 2.02. The van der Waals surface area contributed by atoms with Crippen molar-refractivity contribution >= 4 is 11.6 Å². The minimum Gasteiger partial charge on any atom is -0.348 e. The molecule has 2 N–H and O–H groups in total. The summed E-state index contributed by atoms with van der Waals surface area (Å²) in [6.07, 6.45) is -11.4. The second-order valence-corrected chi connectivity index (χ2v) is 5.39. The Morgan fingerprint density at radius 3 is 2.12 bits per heavy atom. The van der Waals surface area contributed by atoms with E-state index in [4.69, 9.17) is 0 Å². The number of alkyl halides is 6. The van der Waals surface area contributed by atoms with E-state index in [9.17, 15) is 31.1 Å². The number of hydrogen-bond donors (Lipinski definition) is 2. The van der Waals surface area contributed by atoms with E-state index in [1.165, 1.54) is 24.4 Å². The highest BCUT2D eigenvalue weighted by molar-refractivity contribution is 5.77. The van der Waals surface area contributed by atoms with Crippen LogP contribution in [0.15, 0.2) is 24.3 Å². The lowest BCUT2D eigenvalue weighted by Crippen LogP contribution is -2.72. The maximum Gasteiger partial charge on any atom is 0.439 e. The van der Waals surface area contributed by atoms with Crippen LogP contribution in [0.25, 0.3) is 0 Å². The highest BCUT2D eigenvalue weighted by atomic mass is 19.4. The Hall–Kier alpha value is -1.93. The minimum absolute atomic E-state index is 0.183. The van der Waals surface area contributed by atoms with Gasteiger partial charge in [-0.2, -0.15) is 26.3 Å². The first-order valence-electron chi connectivity index (χ1n) is 7.22. The van der Waals surface area contributed by atoms with Gasteiger partial charge in [0.1, 0.15) is 0 Å². The molecule has 0 saturated carbocycles. The molecule has 0 radical (unpaired) electrons. The predicted molar refractivity (Wildman–Crippen MR) is 77.3 cm³/mol. The topological polar surface area (TPSA) is 41.1 Å². The third kappa shape index (κ3) is 4.55. The van der Waals surface area contributed by atoms with Crippen molar-refractivity contribution < 1.29 is 31.1 Å². The van der Waals surface area contributed by atoms with Crippen LogP contribution >= 0.6 is 0 Å². The number of hydrogen-bond acceptors (Lipinski definition) is 2. The molecule has 0 bridgehead atoms. The van der Waals surface area contributed by atoms with Crippen LogP contribution in [-0.2, 0) is 4.79 Å². The Morgan fingerprint density at radius 1 is 1.08 bits per heavy atom. The van der Waals surface area contributed by atoms with Crippen LogP contribution in [0.1, 0.15) is 31.7 Å². The SMILES string of the molecule is CCCCC(=O)NC(Nc1cccc(C)c1)(C(F)(F)F)C(F)(F)F. The molecule has 3 nitrogen and oxygen atoms in total. The van der Waals surface area contributed by atoms with Gasteiger partial charge in [-0.05, 0) is 31.0 Å². The van der Waals surface area contributed by atoms with Crippen LogP contribution in [0.5, 0.6) is 0 Å². The average Bonchev–Trinajstić information content (AvgIpc) is 2.42. The zero-order chi connectivity index (χ0) is 18.6. The van der Waals surface area contributed by atoms with E-state index in [1.807, 2.05) is 0 Å². The maximum absolute atomic E-state index is 13.3. The van der Waals surface area contributed by atoms with Crippen molar-refractivity contribution in [2.24, 2.45) is 0 Å². The molecule has 0 aliphatic carbocycles. The molecule has 0 aliphatic heterocycles. The van der Waals surface area contributed by atoms with Crippen molar-refractivity contribution in [3.63, 3.8) is 0 Å². The van der Waals surface area contributed by atoms with Gasteiger partial charge in [-0.15, -0.1) is 0 Å². The van der Waals surface area contributed by atoms with Crippen molar-refractivity contribution in [3.05, 3.63) is 29.8 Å². The molecule has 1 amide bonds. The quantitative estimate of drug-likeness (QED) is 0.581. The predicted octanol–water partition coefficient (Wildman–Crippen LogP) is 4.53. The molecule has 1 aromatic carbocycles. The first-order valence-corrected chi connectivity index (χ1v) is 7.22. The summed E-state index contributed by atoms with van der Waals surface area (Å²) in [6, 6.07) is 5.03. The molecule has 0 saturated heterocycles. The van der Waals surface area contributed by atoms with Gasteiger partial charge in [-0.3, -0.25) is 4.79 Å². The van der Waals surface area contributed by atoms with Crippen molar-refractivity contribution in [1.29, 1.82) is 0 Å². The van der Waals surface area contributed by atoms with E-state index >= 15 is 0 Å².